The van der Waals surface area contributed by atoms with E-state index in [2.05, 4.69) is 0 Å². The standard InChI is InChI=1S/C19H28N2O6/c20-5-7-24-8-9-25-10-11-26-14-3-4-18-16(12-14)17(13-27-18)15(19(21)23)2-1-6-22/h3-4,12-13,15,22H,1-2,5-11,20H2,(H2,21,23). The fourth-order valence-electron chi connectivity index (χ4n) is 2.76. The van der Waals surface area contributed by atoms with Crippen LogP contribution in [-0.2, 0) is 14.3 Å². The van der Waals surface area contributed by atoms with Crippen molar-refractivity contribution in [2.24, 2.45) is 11.5 Å². The first kappa shape index (κ1) is 21.2. The number of hydrogen-bond donors (Lipinski definition) is 3. The molecule has 0 bridgehead atoms. The summed E-state index contributed by atoms with van der Waals surface area (Å²) in [7, 11) is 0. The van der Waals surface area contributed by atoms with E-state index in [0.29, 0.717) is 69.3 Å². The molecule has 1 atom stereocenters. The van der Waals surface area contributed by atoms with Gasteiger partial charge in [-0.25, -0.2) is 0 Å². The average molecular weight is 380 g/mol. The Kier molecular flexibility index (Phi) is 9.06. The molecule has 0 saturated carbocycles. The zero-order valence-electron chi connectivity index (χ0n) is 15.4. The van der Waals surface area contributed by atoms with Gasteiger partial charge in [-0.05, 0) is 31.0 Å². The summed E-state index contributed by atoms with van der Waals surface area (Å²) >= 11 is 0. The molecule has 2 aromatic rings. The predicted molar refractivity (Wildman–Crippen MR) is 101 cm³/mol. The quantitative estimate of drug-likeness (QED) is 0.419. The Morgan fingerprint density at radius 2 is 1.89 bits per heavy atom. The molecule has 0 saturated heterocycles. The molecule has 0 radical (unpaired) electrons. The summed E-state index contributed by atoms with van der Waals surface area (Å²) < 4.78 is 21.9. The molecule has 1 aromatic heterocycles. The van der Waals surface area contributed by atoms with Crippen LogP contribution in [0.2, 0.25) is 0 Å². The van der Waals surface area contributed by atoms with Crippen LogP contribution in [-0.4, -0.2) is 57.2 Å². The van der Waals surface area contributed by atoms with Gasteiger partial charge in [0.2, 0.25) is 5.91 Å². The first-order valence-electron chi connectivity index (χ1n) is 9.07. The van der Waals surface area contributed by atoms with Crippen molar-refractivity contribution >= 4 is 16.9 Å². The van der Waals surface area contributed by atoms with Crippen molar-refractivity contribution in [3.8, 4) is 5.75 Å². The SMILES string of the molecule is NCCOCCOCCOc1ccc2occ(C(CCCO)C(N)=O)c2c1. The van der Waals surface area contributed by atoms with Gasteiger partial charge in [0.15, 0.2) is 0 Å². The number of fused-ring (bicyclic) bond motifs is 1. The van der Waals surface area contributed by atoms with Crippen molar-refractivity contribution in [2.75, 3.05) is 46.2 Å². The third-order valence-corrected chi connectivity index (χ3v) is 4.08. The molecule has 8 nitrogen and oxygen atoms in total. The highest BCUT2D eigenvalue weighted by Gasteiger charge is 2.22. The van der Waals surface area contributed by atoms with Crippen molar-refractivity contribution in [1.82, 2.24) is 0 Å². The average Bonchev–Trinajstić information content (AvgIpc) is 3.07. The Bertz CT molecular complexity index is 703. The van der Waals surface area contributed by atoms with Crippen molar-refractivity contribution in [1.29, 1.82) is 0 Å². The van der Waals surface area contributed by atoms with E-state index in [0.717, 1.165) is 5.39 Å². The van der Waals surface area contributed by atoms with Crippen molar-refractivity contribution in [3.63, 3.8) is 0 Å². The topological polar surface area (TPSA) is 130 Å². The van der Waals surface area contributed by atoms with Gasteiger partial charge in [0.05, 0.1) is 38.6 Å². The van der Waals surface area contributed by atoms with Gasteiger partial charge in [-0.3, -0.25) is 4.79 Å². The molecule has 1 unspecified atom stereocenters. The van der Waals surface area contributed by atoms with Crippen molar-refractivity contribution < 1.29 is 28.5 Å². The third-order valence-electron chi connectivity index (χ3n) is 4.08. The highest BCUT2D eigenvalue weighted by molar-refractivity contribution is 5.90. The maximum absolute atomic E-state index is 11.8. The molecule has 1 aromatic carbocycles. The summed E-state index contributed by atoms with van der Waals surface area (Å²) in [4.78, 5) is 11.8. The fraction of sp³-hybridized carbons (Fsp3) is 0.526. The number of carbonyl (C=O) groups excluding carboxylic acids is 1. The van der Waals surface area contributed by atoms with Crippen LogP contribution in [0, 0.1) is 0 Å². The summed E-state index contributed by atoms with van der Waals surface area (Å²) in [5.74, 6) is -0.299. The van der Waals surface area contributed by atoms with Crippen LogP contribution in [0.25, 0.3) is 11.0 Å². The second kappa shape index (κ2) is 11.6. The molecular weight excluding hydrogens is 352 g/mol. The molecule has 0 aliphatic rings. The van der Waals surface area contributed by atoms with E-state index in [1.165, 1.54) is 0 Å². The van der Waals surface area contributed by atoms with E-state index in [9.17, 15) is 4.79 Å². The van der Waals surface area contributed by atoms with Crippen LogP contribution in [0.15, 0.2) is 28.9 Å². The minimum Gasteiger partial charge on any atom is -0.491 e. The van der Waals surface area contributed by atoms with Gasteiger partial charge in [-0.1, -0.05) is 0 Å². The van der Waals surface area contributed by atoms with Crippen LogP contribution >= 0.6 is 0 Å². The normalized spacial score (nSPS) is 12.4. The predicted octanol–water partition coefficient (Wildman–Crippen LogP) is 1.14. The second-order valence-electron chi connectivity index (χ2n) is 6.03. The second-order valence-corrected chi connectivity index (χ2v) is 6.03. The van der Waals surface area contributed by atoms with Crippen LogP contribution in [0.5, 0.6) is 5.75 Å². The molecule has 0 spiro atoms. The zero-order chi connectivity index (χ0) is 19.5. The summed E-state index contributed by atoms with van der Waals surface area (Å²) in [6, 6.07) is 5.42. The smallest absolute Gasteiger partial charge is 0.225 e. The molecule has 150 valence electrons. The van der Waals surface area contributed by atoms with Gasteiger partial charge in [0, 0.05) is 24.1 Å². The van der Waals surface area contributed by atoms with Crippen molar-refractivity contribution in [2.45, 2.75) is 18.8 Å². The van der Waals surface area contributed by atoms with Crippen LogP contribution in [0.3, 0.4) is 0 Å². The number of hydrogen-bond acceptors (Lipinski definition) is 7. The lowest BCUT2D eigenvalue weighted by atomic mass is 9.93. The van der Waals surface area contributed by atoms with Gasteiger partial charge < -0.3 is 35.2 Å². The van der Waals surface area contributed by atoms with Crippen LogP contribution in [0.1, 0.15) is 24.3 Å². The molecule has 0 aliphatic carbocycles. The molecule has 2 rings (SSSR count). The Morgan fingerprint density at radius 1 is 1.15 bits per heavy atom. The maximum Gasteiger partial charge on any atom is 0.225 e. The van der Waals surface area contributed by atoms with E-state index in [1.807, 2.05) is 6.07 Å². The number of rotatable bonds is 14. The molecule has 8 heteroatoms. The summed E-state index contributed by atoms with van der Waals surface area (Å²) in [5, 5.41) is 9.81. The van der Waals surface area contributed by atoms with Crippen molar-refractivity contribution in [3.05, 3.63) is 30.0 Å². The van der Waals surface area contributed by atoms with E-state index in [1.54, 1.807) is 18.4 Å². The first-order chi connectivity index (χ1) is 13.2. The first-order valence-corrected chi connectivity index (χ1v) is 9.07. The van der Waals surface area contributed by atoms with E-state index in [-0.39, 0.29) is 6.61 Å². The minimum absolute atomic E-state index is 0.00515. The van der Waals surface area contributed by atoms with Crippen LogP contribution < -0.4 is 16.2 Å². The number of aliphatic hydroxyl groups is 1. The highest BCUT2D eigenvalue weighted by atomic mass is 16.5. The zero-order valence-corrected chi connectivity index (χ0v) is 15.4. The monoisotopic (exact) mass is 380 g/mol. The molecular formula is C19H28N2O6. The van der Waals surface area contributed by atoms with E-state index in [4.69, 9.17) is 35.2 Å². The van der Waals surface area contributed by atoms with Gasteiger partial charge in [0.1, 0.15) is 17.9 Å². The molecule has 1 amide bonds. The lowest BCUT2D eigenvalue weighted by molar-refractivity contribution is -0.119. The number of ether oxygens (including phenoxy) is 3. The Morgan fingerprint density at radius 3 is 2.59 bits per heavy atom. The Labute approximate surface area is 158 Å². The van der Waals surface area contributed by atoms with E-state index < -0.39 is 11.8 Å². The van der Waals surface area contributed by atoms with Gasteiger partial charge >= 0.3 is 0 Å². The summed E-state index contributed by atoms with van der Waals surface area (Å²) in [5.41, 5.74) is 12.2. The lowest BCUT2D eigenvalue weighted by Crippen LogP contribution is -2.21. The number of nitrogens with two attached hydrogens (primary N) is 2. The summed E-state index contributed by atoms with van der Waals surface area (Å²) in [6.07, 6.45) is 2.50. The van der Waals surface area contributed by atoms with Gasteiger partial charge in [-0.15, -0.1) is 0 Å². The lowest BCUT2D eigenvalue weighted by Gasteiger charge is -2.12. The largest absolute Gasteiger partial charge is 0.491 e. The number of aliphatic hydroxyl groups excluding tert-OH is 1. The fourth-order valence-corrected chi connectivity index (χ4v) is 2.76. The number of furan rings is 1. The van der Waals surface area contributed by atoms with Gasteiger partial charge in [0.25, 0.3) is 0 Å². The molecule has 0 fully saturated rings. The number of amides is 1. The number of primary amides is 1. The van der Waals surface area contributed by atoms with Gasteiger partial charge in [-0.2, -0.15) is 0 Å². The van der Waals surface area contributed by atoms with Crippen LogP contribution in [0.4, 0.5) is 0 Å². The summed E-state index contributed by atoms with van der Waals surface area (Å²) in [6.45, 7) is 2.84. The molecule has 5 N–H and O–H groups in total. The number of carbonyl (C=O) groups is 1. The Hall–Kier alpha value is -2.13. The number of benzene rings is 1. The maximum atomic E-state index is 11.8. The molecule has 0 aliphatic heterocycles. The third kappa shape index (κ3) is 6.51. The minimum atomic E-state index is -0.509. The van der Waals surface area contributed by atoms with E-state index >= 15 is 0 Å². The highest BCUT2D eigenvalue weighted by Crippen LogP contribution is 2.32. The molecule has 27 heavy (non-hydrogen) atoms. The Balaban J connectivity index is 1.92. The molecule has 1 heterocycles.